The summed E-state index contributed by atoms with van der Waals surface area (Å²) in [5.74, 6) is 0.505. The summed E-state index contributed by atoms with van der Waals surface area (Å²) in [7, 11) is 0. The molecule has 5 rings (SSSR count). The topological polar surface area (TPSA) is 95.9 Å². The lowest BCUT2D eigenvalue weighted by Crippen LogP contribution is -2.43. The van der Waals surface area contributed by atoms with Crippen LogP contribution in [0.15, 0.2) is 47.5 Å². The van der Waals surface area contributed by atoms with Gasteiger partial charge >= 0.3 is 0 Å². The predicted octanol–water partition coefficient (Wildman–Crippen LogP) is 3.18. The van der Waals surface area contributed by atoms with Crippen molar-refractivity contribution in [2.24, 2.45) is 5.92 Å². The van der Waals surface area contributed by atoms with E-state index in [2.05, 4.69) is 45.4 Å². The molecule has 3 aromatic heterocycles. The number of pyridine rings is 1. The number of anilines is 1. The van der Waals surface area contributed by atoms with Gasteiger partial charge in [0.2, 0.25) is 5.91 Å². The van der Waals surface area contributed by atoms with Crippen LogP contribution < -0.4 is 15.8 Å². The van der Waals surface area contributed by atoms with Crippen molar-refractivity contribution in [3.63, 3.8) is 0 Å². The molecular weight excluding hydrogens is 428 g/mol. The molecule has 1 aromatic carbocycles. The number of H-pyrrole nitrogens is 1. The molecule has 1 amide bonds. The van der Waals surface area contributed by atoms with Gasteiger partial charge in [0.05, 0.1) is 0 Å². The van der Waals surface area contributed by atoms with E-state index in [1.807, 2.05) is 30.2 Å². The van der Waals surface area contributed by atoms with Crippen molar-refractivity contribution >= 4 is 33.8 Å². The van der Waals surface area contributed by atoms with E-state index in [1.54, 1.807) is 10.8 Å². The monoisotopic (exact) mass is 458 g/mol. The van der Waals surface area contributed by atoms with Crippen LogP contribution in [-0.2, 0) is 17.8 Å². The van der Waals surface area contributed by atoms with Gasteiger partial charge in [-0.15, -0.1) is 0 Å². The number of hydrogen-bond acceptors (Lipinski definition) is 5. The van der Waals surface area contributed by atoms with E-state index >= 15 is 0 Å². The van der Waals surface area contributed by atoms with Gasteiger partial charge in [0.1, 0.15) is 5.52 Å². The van der Waals surface area contributed by atoms with Crippen LogP contribution in [0.4, 0.5) is 5.82 Å². The molecule has 0 aliphatic carbocycles. The fourth-order valence-electron chi connectivity index (χ4n) is 4.88. The molecule has 34 heavy (non-hydrogen) atoms. The molecule has 176 valence electrons. The minimum Gasteiger partial charge on any atom is -0.361 e. The molecule has 1 aliphatic heterocycles. The maximum Gasteiger partial charge on any atom is 0.295 e. The Bertz CT molecular complexity index is 1400. The van der Waals surface area contributed by atoms with Gasteiger partial charge in [-0.1, -0.05) is 11.6 Å². The number of carbonyl (C=O) groups excluding carboxylic acids is 1. The molecule has 1 fully saturated rings. The Morgan fingerprint density at radius 2 is 2.06 bits per heavy atom. The number of aryl methyl sites for hydroxylation is 2. The molecule has 0 radical (unpaired) electrons. The van der Waals surface area contributed by atoms with Crippen LogP contribution in [0.25, 0.3) is 22.1 Å². The highest BCUT2D eigenvalue weighted by molar-refractivity contribution is 5.84. The number of carbonyl (C=O) groups is 1. The third-order valence-electron chi connectivity index (χ3n) is 6.78. The zero-order valence-electron chi connectivity index (χ0n) is 19.7. The lowest BCUT2D eigenvalue weighted by atomic mass is 9.96. The summed E-state index contributed by atoms with van der Waals surface area (Å²) in [4.78, 5) is 40.1. The van der Waals surface area contributed by atoms with Crippen LogP contribution in [0, 0.1) is 12.8 Å². The van der Waals surface area contributed by atoms with Crippen LogP contribution in [-0.4, -0.2) is 45.1 Å². The van der Waals surface area contributed by atoms with Crippen molar-refractivity contribution in [3.8, 4) is 0 Å². The maximum absolute atomic E-state index is 13.0. The highest BCUT2D eigenvalue weighted by Gasteiger charge is 2.27. The molecule has 4 heterocycles. The van der Waals surface area contributed by atoms with E-state index in [-0.39, 0.29) is 17.4 Å². The number of aromatic amines is 1. The normalized spacial score (nSPS) is 14.7. The van der Waals surface area contributed by atoms with Crippen molar-refractivity contribution < 1.29 is 4.79 Å². The van der Waals surface area contributed by atoms with E-state index < -0.39 is 0 Å². The average molecular weight is 459 g/mol. The quantitative estimate of drug-likeness (QED) is 0.463. The summed E-state index contributed by atoms with van der Waals surface area (Å²) in [6, 6.07) is 10.1. The van der Waals surface area contributed by atoms with Gasteiger partial charge < -0.3 is 15.2 Å². The molecule has 0 atom stereocenters. The lowest BCUT2D eigenvalue weighted by molar-refractivity contribution is -0.125. The zero-order chi connectivity index (χ0) is 23.7. The van der Waals surface area contributed by atoms with Gasteiger partial charge in [-0.3, -0.25) is 14.2 Å². The first-order valence-electron chi connectivity index (χ1n) is 12.0. The highest BCUT2D eigenvalue weighted by Crippen LogP contribution is 2.22. The van der Waals surface area contributed by atoms with Crippen molar-refractivity contribution in [2.45, 2.75) is 39.7 Å². The Hall–Kier alpha value is -3.68. The lowest BCUT2D eigenvalue weighted by Gasteiger charge is -2.32. The Labute approximate surface area is 198 Å². The van der Waals surface area contributed by atoms with Gasteiger partial charge in [-0.05, 0) is 62.9 Å². The van der Waals surface area contributed by atoms with Crippen molar-refractivity contribution in [2.75, 3.05) is 24.5 Å². The van der Waals surface area contributed by atoms with Crippen molar-refractivity contribution in [3.05, 3.63) is 64.2 Å². The number of hydrogen-bond donors (Lipinski definition) is 2. The second-order valence-electron chi connectivity index (χ2n) is 9.00. The minimum absolute atomic E-state index is 0.0445. The molecule has 0 spiro atoms. The molecule has 8 heteroatoms. The van der Waals surface area contributed by atoms with Gasteiger partial charge in [0.25, 0.3) is 5.56 Å². The van der Waals surface area contributed by atoms with Gasteiger partial charge in [0.15, 0.2) is 11.5 Å². The Balaban J connectivity index is 1.20. The number of piperidine rings is 1. The first-order valence-corrected chi connectivity index (χ1v) is 12.0. The zero-order valence-corrected chi connectivity index (χ0v) is 19.7. The molecule has 0 unspecified atom stereocenters. The van der Waals surface area contributed by atoms with Crippen molar-refractivity contribution in [1.82, 2.24) is 24.8 Å². The first kappa shape index (κ1) is 22.1. The molecule has 0 saturated carbocycles. The summed E-state index contributed by atoms with van der Waals surface area (Å²) in [5.41, 5.74) is 4.78. The second kappa shape index (κ2) is 9.29. The Morgan fingerprint density at radius 3 is 2.85 bits per heavy atom. The largest absolute Gasteiger partial charge is 0.361 e. The van der Waals surface area contributed by atoms with E-state index in [4.69, 9.17) is 0 Å². The van der Waals surface area contributed by atoms with E-state index in [9.17, 15) is 9.59 Å². The summed E-state index contributed by atoms with van der Waals surface area (Å²) in [6.45, 7) is 6.45. The molecule has 1 aliphatic rings. The Morgan fingerprint density at radius 1 is 1.24 bits per heavy atom. The number of rotatable bonds is 6. The summed E-state index contributed by atoms with van der Waals surface area (Å²) < 4.78 is 1.67. The molecule has 2 N–H and O–H groups in total. The number of aromatic nitrogens is 4. The number of benzene rings is 1. The number of amides is 1. The third-order valence-corrected chi connectivity index (χ3v) is 6.78. The molecule has 8 nitrogen and oxygen atoms in total. The molecule has 4 aromatic rings. The fourth-order valence-corrected chi connectivity index (χ4v) is 4.88. The van der Waals surface area contributed by atoms with E-state index in [1.165, 1.54) is 16.5 Å². The predicted molar refractivity (Wildman–Crippen MR) is 134 cm³/mol. The van der Waals surface area contributed by atoms with Gasteiger partial charge in [0, 0.05) is 55.4 Å². The average Bonchev–Trinajstić information content (AvgIpc) is 3.25. The highest BCUT2D eigenvalue weighted by atomic mass is 16.2. The van der Waals surface area contributed by atoms with E-state index in [0.717, 1.165) is 11.9 Å². The standard InChI is InChI=1S/C26H30N6O2/c1-3-32-23-22(5-4-11-27-23)30-24(26(32)34)31-13-9-18(10-14-31)25(33)28-12-8-19-16-29-21-7-6-17(2)15-20(19)21/h4-7,11,15-16,18,29H,3,8-10,12-14H2,1-2H3,(H,28,33). The van der Waals surface area contributed by atoms with Crippen LogP contribution in [0.2, 0.25) is 0 Å². The first-order chi connectivity index (χ1) is 16.5. The van der Waals surface area contributed by atoms with Crippen LogP contribution in [0.1, 0.15) is 30.9 Å². The van der Waals surface area contributed by atoms with Gasteiger partial charge in [-0.2, -0.15) is 0 Å². The Kier molecular flexibility index (Phi) is 6.04. The number of nitrogens with one attached hydrogen (secondary N) is 2. The summed E-state index contributed by atoms with van der Waals surface area (Å²) >= 11 is 0. The minimum atomic E-state index is -0.120. The fraction of sp³-hybridized carbons (Fsp3) is 0.385. The second-order valence-corrected chi connectivity index (χ2v) is 9.00. The molecule has 1 saturated heterocycles. The summed E-state index contributed by atoms with van der Waals surface area (Å²) in [5, 5.41) is 4.34. The maximum atomic E-state index is 13.0. The summed E-state index contributed by atoms with van der Waals surface area (Å²) in [6.07, 6.45) is 5.91. The molecule has 0 bridgehead atoms. The van der Waals surface area contributed by atoms with Crippen LogP contribution in [0.5, 0.6) is 0 Å². The van der Waals surface area contributed by atoms with Crippen molar-refractivity contribution in [1.29, 1.82) is 0 Å². The molecular formula is C26H30N6O2. The smallest absolute Gasteiger partial charge is 0.295 e. The van der Waals surface area contributed by atoms with Gasteiger partial charge in [-0.25, -0.2) is 9.97 Å². The third kappa shape index (κ3) is 4.16. The van der Waals surface area contributed by atoms with Crippen LogP contribution >= 0.6 is 0 Å². The van der Waals surface area contributed by atoms with Crippen LogP contribution in [0.3, 0.4) is 0 Å². The number of nitrogens with zero attached hydrogens (tertiary/aromatic N) is 4. The van der Waals surface area contributed by atoms with E-state index in [0.29, 0.717) is 56.0 Å². The SMILES string of the molecule is CCn1c(=O)c(N2CCC(C(=O)NCCc3c[nH]c4ccc(C)cc34)CC2)nc2cccnc21. The number of fused-ring (bicyclic) bond motifs is 2.